The molecule has 0 bridgehead atoms. The molecule has 0 aliphatic carbocycles. The zero-order valence-corrected chi connectivity index (χ0v) is 12.1. The molecule has 0 amide bonds. The van der Waals surface area contributed by atoms with Crippen LogP contribution in [0.15, 0.2) is 42.7 Å². The number of rotatable bonds is 6. The minimum absolute atomic E-state index is 0.0101. The third kappa shape index (κ3) is 3.64. The van der Waals surface area contributed by atoms with Gasteiger partial charge in [0.05, 0.1) is 12.2 Å². The Kier molecular flexibility index (Phi) is 5.24. The van der Waals surface area contributed by atoms with Gasteiger partial charge in [-0.1, -0.05) is 38.1 Å². The van der Waals surface area contributed by atoms with E-state index in [0.29, 0.717) is 0 Å². The highest BCUT2D eigenvalue weighted by Gasteiger charge is 2.14. The van der Waals surface area contributed by atoms with Crippen molar-refractivity contribution in [2.45, 2.75) is 32.7 Å². The Labute approximate surface area is 120 Å². The van der Waals surface area contributed by atoms with Gasteiger partial charge in [0.1, 0.15) is 5.82 Å². The van der Waals surface area contributed by atoms with Crippen molar-refractivity contribution in [3.8, 4) is 0 Å². The van der Waals surface area contributed by atoms with Gasteiger partial charge in [-0.05, 0) is 42.1 Å². The normalized spacial score (nSPS) is 12.3. The minimum atomic E-state index is -0.295. The third-order valence-electron chi connectivity index (χ3n) is 3.38. The molecule has 1 atom stereocenters. The summed E-state index contributed by atoms with van der Waals surface area (Å²) in [6.07, 6.45) is 5.02. The number of pyridine rings is 1. The van der Waals surface area contributed by atoms with E-state index in [2.05, 4.69) is 48.4 Å². The Balaban J connectivity index is 2.30. The van der Waals surface area contributed by atoms with E-state index < -0.39 is 0 Å². The number of nitrogens with zero attached hydrogens (tertiary/aromatic N) is 1. The molecule has 0 aliphatic heterocycles. The quantitative estimate of drug-likeness (QED) is 0.863. The summed E-state index contributed by atoms with van der Waals surface area (Å²) in [5, 5.41) is 3.46. The highest BCUT2D eigenvalue weighted by Crippen LogP contribution is 2.22. The molecular formula is C17H21FN2. The van der Waals surface area contributed by atoms with Crippen LogP contribution in [0.2, 0.25) is 0 Å². The maximum Gasteiger partial charge on any atom is 0.141 e. The lowest BCUT2D eigenvalue weighted by molar-refractivity contribution is 0.580. The van der Waals surface area contributed by atoms with Gasteiger partial charge in [0.25, 0.3) is 0 Å². The number of aromatic nitrogens is 1. The molecule has 1 aromatic carbocycles. The summed E-state index contributed by atoms with van der Waals surface area (Å²) in [6, 6.07) is 10.0. The van der Waals surface area contributed by atoms with Gasteiger partial charge in [-0.2, -0.15) is 0 Å². The molecule has 0 fully saturated rings. The highest BCUT2D eigenvalue weighted by atomic mass is 19.1. The smallest absolute Gasteiger partial charge is 0.141 e. The van der Waals surface area contributed by atoms with E-state index in [4.69, 9.17) is 0 Å². The number of nitrogens with one attached hydrogen (secondary N) is 1. The van der Waals surface area contributed by atoms with Gasteiger partial charge in [-0.25, -0.2) is 4.39 Å². The van der Waals surface area contributed by atoms with Crippen LogP contribution in [0.1, 0.15) is 43.0 Å². The topological polar surface area (TPSA) is 24.9 Å². The third-order valence-corrected chi connectivity index (χ3v) is 3.38. The van der Waals surface area contributed by atoms with Crippen molar-refractivity contribution >= 4 is 0 Å². The molecule has 0 radical (unpaired) electrons. The number of hydrogen-bond donors (Lipinski definition) is 1. The summed E-state index contributed by atoms with van der Waals surface area (Å²) in [5.41, 5.74) is 3.31. The number of hydrogen-bond acceptors (Lipinski definition) is 2. The van der Waals surface area contributed by atoms with Crippen molar-refractivity contribution in [3.63, 3.8) is 0 Å². The summed E-state index contributed by atoms with van der Waals surface area (Å²) in [5.74, 6) is -0.295. The highest BCUT2D eigenvalue weighted by molar-refractivity contribution is 5.32. The zero-order chi connectivity index (χ0) is 14.4. The minimum Gasteiger partial charge on any atom is -0.306 e. The van der Waals surface area contributed by atoms with Gasteiger partial charge >= 0.3 is 0 Å². The average molecular weight is 272 g/mol. The van der Waals surface area contributed by atoms with Gasteiger partial charge in [-0.3, -0.25) is 4.98 Å². The Morgan fingerprint density at radius 3 is 2.45 bits per heavy atom. The van der Waals surface area contributed by atoms with E-state index in [1.165, 1.54) is 11.8 Å². The van der Waals surface area contributed by atoms with E-state index in [1.807, 2.05) is 0 Å². The fourth-order valence-corrected chi connectivity index (χ4v) is 2.25. The van der Waals surface area contributed by atoms with Gasteiger partial charge in [0.2, 0.25) is 0 Å². The summed E-state index contributed by atoms with van der Waals surface area (Å²) in [7, 11) is 0. The molecular weight excluding hydrogens is 251 g/mol. The summed E-state index contributed by atoms with van der Waals surface area (Å²) >= 11 is 0. The van der Waals surface area contributed by atoms with Gasteiger partial charge in [-0.15, -0.1) is 0 Å². The van der Waals surface area contributed by atoms with E-state index in [9.17, 15) is 4.39 Å². The zero-order valence-electron chi connectivity index (χ0n) is 12.1. The van der Waals surface area contributed by atoms with Gasteiger partial charge < -0.3 is 5.32 Å². The monoisotopic (exact) mass is 272 g/mol. The fourth-order valence-electron chi connectivity index (χ4n) is 2.25. The molecule has 0 spiro atoms. The first-order chi connectivity index (χ1) is 9.74. The van der Waals surface area contributed by atoms with E-state index >= 15 is 0 Å². The lowest BCUT2D eigenvalue weighted by Crippen LogP contribution is -2.23. The molecule has 1 heterocycles. The molecule has 0 saturated carbocycles. The van der Waals surface area contributed by atoms with Crippen molar-refractivity contribution in [2.24, 2.45) is 0 Å². The Bertz CT molecular complexity index is 537. The second-order valence-corrected chi connectivity index (χ2v) is 4.92. The Hall–Kier alpha value is -1.74. The Morgan fingerprint density at radius 2 is 1.85 bits per heavy atom. The summed E-state index contributed by atoms with van der Waals surface area (Å²) in [4.78, 5) is 3.96. The van der Waals surface area contributed by atoms with Crippen molar-refractivity contribution in [1.82, 2.24) is 10.3 Å². The molecule has 2 rings (SSSR count). The molecule has 3 heteroatoms. The first-order valence-corrected chi connectivity index (χ1v) is 7.17. The van der Waals surface area contributed by atoms with Crippen molar-refractivity contribution in [2.75, 3.05) is 6.54 Å². The molecule has 1 N–H and O–H groups in total. The maximum absolute atomic E-state index is 13.4. The molecule has 0 aliphatic rings. The molecule has 2 aromatic rings. The largest absolute Gasteiger partial charge is 0.306 e. The first kappa shape index (κ1) is 14.7. The predicted molar refractivity (Wildman–Crippen MR) is 80.2 cm³/mol. The average Bonchev–Trinajstić information content (AvgIpc) is 2.48. The van der Waals surface area contributed by atoms with E-state index in [1.54, 1.807) is 12.3 Å². The van der Waals surface area contributed by atoms with Crippen LogP contribution in [-0.4, -0.2) is 11.5 Å². The Morgan fingerprint density at radius 1 is 1.10 bits per heavy atom. The van der Waals surface area contributed by atoms with E-state index in [-0.39, 0.29) is 11.9 Å². The predicted octanol–water partition coefficient (Wildman–Crippen LogP) is 3.87. The molecule has 0 saturated heterocycles. The second-order valence-electron chi connectivity index (χ2n) is 4.92. The van der Waals surface area contributed by atoms with Crippen LogP contribution >= 0.6 is 0 Å². The maximum atomic E-state index is 13.4. The number of halogens is 1. The summed E-state index contributed by atoms with van der Waals surface area (Å²) in [6.45, 7) is 5.14. The molecule has 1 aromatic heterocycles. The second kappa shape index (κ2) is 7.15. The van der Waals surface area contributed by atoms with Crippen LogP contribution in [0.4, 0.5) is 4.39 Å². The van der Waals surface area contributed by atoms with E-state index in [0.717, 1.165) is 30.5 Å². The molecule has 2 nitrogen and oxygen atoms in total. The molecule has 106 valence electrons. The van der Waals surface area contributed by atoms with Crippen LogP contribution in [0.3, 0.4) is 0 Å². The van der Waals surface area contributed by atoms with Crippen LogP contribution in [0.5, 0.6) is 0 Å². The van der Waals surface area contributed by atoms with Gasteiger partial charge in [0, 0.05) is 6.20 Å². The lowest BCUT2D eigenvalue weighted by atomic mass is 9.98. The van der Waals surface area contributed by atoms with Crippen LogP contribution in [0.25, 0.3) is 0 Å². The van der Waals surface area contributed by atoms with Crippen molar-refractivity contribution < 1.29 is 4.39 Å². The van der Waals surface area contributed by atoms with Crippen LogP contribution in [-0.2, 0) is 6.42 Å². The number of aryl methyl sites for hydroxylation is 1. The standard InChI is InChI=1S/C17H21FN2/c1-3-9-20-17(15-10-16(18)12-19-11-15)14-7-5-13(4-2)6-8-14/h5-8,10-12,17,20H,3-4,9H2,1-2H3. The lowest BCUT2D eigenvalue weighted by Gasteiger charge is -2.19. The number of benzene rings is 1. The van der Waals surface area contributed by atoms with Crippen molar-refractivity contribution in [3.05, 3.63) is 65.2 Å². The first-order valence-electron chi connectivity index (χ1n) is 7.17. The van der Waals surface area contributed by atoms with Crippen LogP contribution < -0.4 is 5.32 Å². The SMILES string of the molecule is CCCNC(c1ccc(CC)cc1)c1cncc(F)c1. The summed E-state index contributed by atoms with van der Waals surface area (Å²) < 4.78 is 13.4. The fraction of sp³-hybridized carbons (Fsp3) is 0.353. The van der Waals surface area contributed by atoms with Gasteiger partial charge in [0.15, 0.2) is 0 Å². The molecule has 20 heavy (non-hydrogen) atoms. The molecule has 1 unspecified atom stereocenters. The van der Waals surface area contributed by atoms with Crippen LogP contribution in [0, 0.1) is 5.82 Å². The van der Waals surface area contributed by atoms with Crippen molar-refractivity contribution in [1.29, 1.82) is 0 Å².